The second-order valence-electron chi connectivity index (χ2n) is 4.97. The number of hydrogen-bond acceptors (Lipinski definition) is 4. The van der Waals surface area contributed by atoms with Crippen LogP contribution in [0.25, 0.3) is 0 Å². The van der Waals surface area contributed by atoms with E-state index < -0.39 is 12.0 Å². The van der Waals surface area contributed by atoms with Gasteiger partial charge in [-0.3, -0.25) is 4.79 Å². The van der Waals surface area contributed by atoms with E-state index in [2.05, 4.69) is 4.74 Å². The normalized spacial score (nSPS) is 11.8. The fourth-order valence-electron chi connectivity index (χ4n) is 2.04. The van der Waals surface area contributed by atoms with Gasteiger partial charge in [0.15, 0.2) is 0 Å². The summed E-state index contributed by atoms with van der Waals surface area (Å²) in [5.74, 6) is 0.245. The van der Waals surface area contributed by atoms with Crippen LogP contribution in [-0.4, -0.2) is 19.1 Å². The molecule has 2 aromatic rings. The number of rotatable bonds is 6. The molecule has 1 unspecified atom stereocenters. The molecule has 0 radical (unpaired) electrons. The molecule has 0 aliphatic carbocycles. The van der Waals surface area contributed by atoms with Gasteiger partial charge < -0.3 is 15.2 Å². The number of hydrogen-bond donors (Lipinski definition) is 1. The lowest BCUT2D eigenvalue weighted by Crippen LogP contribution is -2.33. The van der Waals surface area contributed by atoms with E-state index in [1.807, 2.05) is 24.3 Å². The van der Waals surface area contributed by atoms with Gasteiger partial charge in [-0.2, -0.15) is 0 Å². The summed E-state index contributed by atoms with van der Waals surface area (Å²) in [7, 11) is 1.32. The van der Waals surface area contributed by atoms with Gasteiger partial charge in [0.2, 0.25) is 0 Å². The number of esters is 1. The van der Waals surface area contributed by atoms with E-state index in [1.54, 1.807) is 18.2 Å². The fraction of sp³-hybridized carbons (Fsp3) is 0.235. The minimum absolute atomic E-state index is 0.277. The van der Waals surface area contributed by atoms with Crippen molar-refractivity contribution in [3.63, 3.8) is 0 Å². The van der Waals surface area contributed by atoms with Gasteiger partial charge in [0, 0.05) is 15.6 Å². The Kier molecular flexibility index (Phi) is 6.28. The van der Waals surface area contributed by atoms with Crippen molar-refractivity contribution in [1.82, 2.24) is 0 Å². The zero-order valence-corrected chi connectivity index (χ0v) is 14.1. The van der Waals surface area contributed by atoms with Crippen molar-refractivity contribution in [2.75, 3.05) is 7.11 Å². The summed E-state index contributed by atoms with van der Waals surface area (Å²) in [6.07, 6.45) is 0.406. The lowest BCUT2D eigenvalue weighted by Gasteiger charge is -2.11. The van der Waals surface area contributed by atoms with E-state index in [4.69, 9.17) is 33.7 Å². The summed E-state index contributed by atoms with van der Waals surface area (Å²) in [5.41, 5.74) is 7.40. The highest BCUT2D eigenvalue weighted by molar-refractivity contribution is 6.35. The van der Waals surface area contributed by atoms with E-state index >= 15 is 0 Å². The average Bonchev–Trinajstić information content (AvgIpc) is 2.55. The second-order valence-corrected chi connectivity index (χ2v) is 5.78. The van der Waals surface area contributed by atoms with Crippen LogP contribution in [0.2, 0.25) is 10.0 Å². The van der Waals surface area contributed by atoms with E-state index in [1.165, 1.54) is 7.11 Å². The summed E-state index contributed by atoms with van der Waals surface area (Å²) in [6, 6.07) is 12.0. The molecular weight excluding hydrogens is 337 g/mol. The maximum absolute atomic E-state index is 11.3. The quantitative estimate of drug-likeness (QED) is 0.805. The molecule has 0 bridgehead atoms. The molecule has 0 spiro atoms. The van der Waals surface area contributed by atoms with Crippen LogP contribution in [-0.2, 0) is 22.6 Å². The Labute approximate surface area is 145 Å². The van der Waals surface area contributed by atoms with Gasteiger partial charge in [-0.05, 0) is 36.2 Å². The summed E-state index contributed by atoms with van der Waals surface area (Å²) in [5, 5.41) is 1.14. The molecule has 0 amide bonds. The van der Waals surface area contributed by atoms with Gasteiger partial charge in [-0.25, -0.2) is 0 Å². The van der Waals surface area contributed by atoms with Crippen LogP contribution in [0.3, 0.4) is 0 Å². The van der Waals surface area contributed by atoms with E-state index in [9.17, 15) is 4.79 Å². The Bertz CT molecular complexity index is 654. The van der Waals surface area contributed by atoms with Crippen molar-refractivity contribution in [3.05, 3.63) is 63.6 Å². The van der Waals surface area contributed by atoms with Crippen molar-refractivity contribution in [2.45, 2.75) is 19.1 Å². The molecule has 0 aliphatic rings. The van der Waals surface area contributed by atoms with Crippen LogP contribution >= 0.6 is 23.2 Å². The fourth-order valence-corrected chi connectivity index (χ4v) is 2.54. The molecule has 6 heteroatoms. The van der Waals surface area contributed by atoms with E-state index in [0.717, 1.165) is 11.1 Å². The Balaban J connectivity index is 1.96. The molecule has 2 aromatic carbocycles. The predicted molar refractivity (Wildman–Crippen MR) is 90.9 cm³/mol. The number of benzene rings is 2. The van der Waals surface area contributed by atoms with Crippen molar-refractivity contribution < 1.29 is 14.3 Å². The Morgan fingerprint density at radius 1 is 1.13 bits per heavy atom. The summed E-state index contributed by atoms with van der Waals surface area (Å²) in [6.45, 7) is 0.277. The van der Waals surface area contributed by atoms with Gasteiger partial charge in [0.05, 0.1) is 7.11 Å². The predicted octanol–water partition coefficient (Wildman–Crippen LogP) is 3.62. The summed E-state index contributed by atoms with van der Waals surface area (Å²) >= 11 is 12.2. The molecule has 0 saturated heterocycles. The molecule has 0 fully saturated rings. The molecule has 23 heavy (non-hydrogen) atoms. The van der Waals surface area contributed by atoms with Crippen molar-refractivity contribution in [3.8, 4) is 5.75 Å². The van der Waals surface area contributed by atoms with E-state index in [-0.39, 0.29) is 6.61 Å². The maximum Gasteiger partial charge on any atom is 0.322 e. The standard InChI is InChI=1S/C17H17Cl2NO3/c1-22-17(21)16(20)9-11-5-7-12(8-6-11)23-10-13-14(18)3-2-4-15(13)19/h2-8,16H,9-10,20H2,1H3. The third-order valence-electron chi connectivity index (χ3n) is 3.33. The first kappa shape index (κ1) is 17.6. The van der Waals surface area contributed by atoms with Gasteiger partial charge >= 0.3 is 5.97 Å². The first-order valence-electron chi connectivity index (χ1n) is 6.99. The summed E-state index contributed by atoms with van der Waals surface area (Å²) in [4.78, 5) is 11.3. The monoisotopic (exact) mass is 353 g/mol. The average molecular weight is 354 g/mol. The SMILES string of the molecule is COC(=O)C(N)Cc1ccc(OCc2c(Cl)cccc2Cl)cc1. The minimum Gasteiger partial charge on any atom is -0.489 e. The number of carbonyl (C=O) groups excluding carboxylic acids is 1. The molecule has 2 N–H and O–H groups in total. The molecule has 0 aliphatic heterocycles. The first-order valence-corrected chi connectivity index (χ1v) is 7.75. The van der Waals surface area contributed by atoms with Crippen LogP contribution in [0.1, 0.15) is 11.1 Å². The Morgan fingerprint density at radius 2 is 1.74 bits per heavy atom. The molecule has 0 saturated carbocycles. The van der Waals surface area contributed by atoms with Crippen LogP contribution in [0, 0.1) is 0 Å². The van der Waals surface area contributed by atoms with Crippen LogP contribution < -0.4 is 10.5 Å². The van der Waals surface area contributed by atoms with Crippen molar-refractivity contribution in [1.29, 1.82) is 0 Å². The first-order chi connectivity index (χ1) is 11.0. The molecular formula is C17H17Cl2NO3. The highest BCUT2D eigenvalue weighted by atomic mass is 35.5. The largest absolute Gasteiger partial charge is 0.489 e. The molecule has 4 nitrogen and oxygen atoms in total. The smallest absolute Gasteiger partial charge is 0.322 e. The van der Waals surface area contributed by atoms with Crippen LogP contribution in [0.5, 0.6) is 5.75 Å². The number of ether oxygens (including phenoxy) is 2. The number of methoxy groups -OCH3 is 1. The Morgan fingerprint density at radius 3 is 2.30 bits per heavy atom. The number of nitrogens with two attached hydrogens (primary N) is 1. The molecule has 2 rings (SSSR count). The zero-order valence-electron chi connectivity index (χ0n) is 12.6. The van der Waals surface area contributed by atoms with Gasteiger partial charge in [-0.15, -0.1) is 0 Å². The number of halogens is 2. The number of carbonyl (C=O) groups is 1. The van der Waals surface area contributed by atoms with E-state index in [0.29, 0.717) is 22.2 Å². The third-order valence-corrected chi connectivity index (χ3v) is 4.04. The van der Waals surface area contributed by atoms with Crippen molar-refractivity contribution in [2.24, 2.45) is 5.73 Å². The maximum atomic E-state index is 11.3. The van der Waals surface area contributed by atoms with Crippen molar-refractivity contribution >= 4 is 29.2 Å². The van der Waals surface area contributed by atoms with Gasteiger partial charge in [0.25, 0.3) is 0 Å². The molecule has 0 heterocycles. The zero-order chi connectivity index (χ0) is 16.8. The third kappa shape index (κ3) is 4.86. The lowest BCUT2D eigenvalue weighted by molar-refractivity contribution is -0.142. The molecule has 1 atom stereocenters. The molecule has 0 aromatic heterocycles. The topological polar surface area (TPSA) is 61.5 Å². The lowest BCUT2D eigenvalue weighted by atomic mass is 10.1. The van der Waals surface area contributed by atoms with Crippen LogP contribution in [0.4, 0.5) is 0 Å². The highest BCUT2D eigenvalue weighted by Gasteiger charge is 2.14. The Hall–Kier alpha value is -1.75. The highest BCUT2D eigenvalue weighted by Crippen LogP contribution is 2.26. The summed E-state index contributed by atoms with van der Waals surface area (Å²) < 4.78 is 10.3. The van der Waals surface area contributed by atoms with Gasteiger partial charge in [0.1, 0.15) is 18.4 Å². The van der Waals surface area contributed by atoms with Gasteiger partial charge in [-0.1, -0.05) is 41.4 Å². The second kappa shape index (κ2) is 8.20. The molecule has 122 valence electrons. The minimum atomic E-state index is -0.672. The van der Waals surface area contributed by atoms with Crippen LogP contribution in [0.15, 0.2) is 42.5 Å².